The molecule has 0 aromatic heterocycles. The second-order valence-electron chi connectivity index (χ2n) is 4.51. The van der Waals surface area contributed by atoms with Gasteiger partial charge in [0.15, 0.2) is 0 Å². The monoisotopic (exact) mass is 315 g/mol. The number of alkyl halides is 1. The number of carbonyl (C=O) groups is 1. The Labute approximate surface area is 115 Å². The maximum Gasteiger partial charge on any atom is 0.255 e. The molecule has 2 unspecified atom stereocenters. The molecule has 1 fully saturated rings. The van der Waals surface area contributed by atoms with E-state index in [9.17, 15) is 4.79 Å². The highest BCUT2D eigenvalue weighted by atomic mass is 79.9. The number of nitrogens with zero attached hydrogens (tertiary/aromatic N) is 1. The first-order chi connectivity index (χ1) is 8.09. The fraction of sp³-hybridized carbons (Fsp3) is 0.462. The third-order valence-corrected chi connectivity index (χ3v) is 4.52. The quantitative estimate of drug-likeness (QED) is 0.726. The first kappa shape index (κ1) is 12.9. The van der Waals surface area contributed by atoms with Crippen LogP contribution in [-0.2, 0) is 0 Å². The SMILES string of the molecule is CC1CCN(C(=O)c2ccccc2Br)CC1Cl. The third kappa shape index (κ3) is 2.83. The van der Waals surface area contributed by atoms with E-state index in [2.05, 4.69) is 22.9 Å². The number of hydrogen-bond acceptors (Lipinski definition) is 1. The predicted octanol–water partition coefficient (Wildman–Crippen LogP) is 3.54. The summed E-state index contributed by atoms with van der Waals surface area (Å²) in [6.07, 6.45) is 0.977. The molecular weight excluding hydrogens is 302 g/mol. The van der Waals surface area contributed by atoms with Crippen molar-refractivity contribution < 1.29 is 4.79 Å². The van der Waals surface area contributed by atoms with Crippen LogP contribution in [-0.4, -0.2) is 29.3 Å². The maximum absolute atomic E-state index is 12.3. The van der Waals surface area contributed by atoms with Gasteiger partial charge in [-0.1, -0.05) is 19.1 Å². The Morgan fingerprint density at radius 3 is 2.82 bits per heavy atom. The average molecular weight is 317 g/mol. The minimum atomic E-state index is 0.0648. The van der Waals surface area contributed by atoms with Gasteiger partial charge in [0.1, 0.15) is 0 Å². The van der Waals surface area contributed by atoms with Crippen molar-refractivity contribution in [2.45, 2.75) is 18.7 Å². The van der Waals surface area contributed by atoms with Gasteiger partial charge in [0, 0.05) is 17.6 Å². The summed E-state index contributed by atoms with van der Waals surface area (Å²) >= 11 is 9.64. The highest BCUT2D eigenvalue weighted by molar-refractivity contribution is 9.10. The summed E-state index contributed by atoms with van der Waals surface area (Å²) in [5.41, 5.74) is 0.714. The summed E-state index contributed by atoms with van der Waals surface area (Å²) in [5.74, 6) is 0.551. The van der Waals surface area contributed by atoms with Gasteiger partial charge in [-0.15, -0.1) is 11.6 Å². The number of halogens is 2. The van der Waals surface area contributed by atoms with Crippen molar-refractivity contribution in [2.24, 2.45) is 5.92 Å². The molecule has 1 aliphatic heterocycles. The molecule has 1 aromatic rings. The lowest BCUT2D eigenvalue weighted by atomic mass is 9.98. The molecule has 92 valence electrons. The van der Waals surface area contributed by atoms with Gasteiger partial charge in [-0.25, -0.2) is 0 Å². The van der Waals surface area contributed by atoms with Crippen LogP contribution in [0.4, 0.5) is 0 Å². The molecule has 2 atom stereocenters. The Kier molecular flexibility index (Phi) is 4.10. The van der Waals surface area contributed by atoms with Gasteiger partial charge in [-0.05, 0) is 40.4 Å². The first-order valence-electron chi connectivity index (χ1n) is 5.77. The standard InChI is InChI=1S/C13H15BrClNO/c1-9-6-7-16(8-12(9)15)13(17)10-4-2-3-5-11(10)14/h2-5,9,12H,6-8H2,1H3. The van der Waals surface area contributed by atoms with Crippen LogP contribution >= 0.6 is 27.5 Å². The lowest BCUT2D eigenvalue weighted by Crippen LogP contribution is -2.43. The van der Waals surface area contributed by atoms with E-state index in [1.807, 2.05) is 29.2 Å². The Balaban J connectivity index is 2.14. The van der Waals surface area contributed by atoms with E-state index in [0.29, 0.717) is 18.0 Å². The molecule has 4 heteroatoms. The van der Waals surface area contributed by atoms with E-state index in [0.717, 1.165) is 17.4 Å². The Morgan fingerprint density at radius 1 is 1.47 bits per heavy atom. The second-order valence-corrected chi connectivity index (χ2v) is 5.93. The Morgan fingerprint density at radius 2 is 2.18 bits per heavy atom. The van der Waals surface area contributed by atoms with Gasteiger partial charge < -0.3 is 4.90 Å². The van der Waals surface area contributed by atoms with Crippen LogP contribution in [0.25, 0.3) is 0 Å². The number of amides is 1. The molecular formula is C13H15BrClNO. The minimum Gasteiger partial charge on any atom is -0.337 e. The van der Waals surface area contributed by atoms with Gasteiger partial charge >= 0.3 is 0 Å². The van der Waals surface area contributed by atoms with E-state index in [1.54, 1.807) is 0 Å². The van der Waals surface area contributed by atoms with E-state index in [-0.39, 0.29) is 11.3 Å². The number of benzene rings is 1. The normalized spacial score (nSPS) is 24.8. The Hall–Kier alpha value is -0.540. The summed E-state index contributed by atoms with van der Waals surface area (Å²) < 4.78 is 0.842. The molecule has 1 aromatic carbocycles. The van der Waals surface area contributed by atoms with Crippen LogP contribution in [0.1, 0.15) is 23.7 Å². The fourth-order valence-electron chi connectivity index (χ4n) is 2.01. The van der Waals surface area contributed by atoms with Gasteiger partial charge in [0.2, 0.25) is 0 Å². The molecule has 17 heavy (non-hydrogen) atoms. The number of rotatable bonds is 1. The highest BCUT2D eigenvalue weighted by Crippen LogP contribution is 2.25. The lowest BCUT2D eigenvalue weighted by molar-refractivity contribution is 0.0700. The molecule has 1 amide bonds. The van der Waals surface area contributed by atoms with Crippen molar-refractivity contribution in [1.29, 1.82) is 0 Å². The Bertz CT molecular complexity index is 424. The molecule has 2 rings (SSSR count). The van der Waals surface area contributed by atoms with E-state index in [4.69, 9.17) is 11.6 Å². The average Bonchev–Trinajstić information content (AvgIpc) is 2.32. The first-order valence-corrected chi connectivity index (χ1v) is 7.00. The molecule has 0 aliphatic carbocycles. The van der Waals surface area contributed by atoms with E-state index >= 15 is 0 Å². The van der Waals surface area contributed by atoms with Crippen molar-refractivity contribution in [3.63, 3.8) is 0 Å². The highest BCUT2D eigenvalue weighted by Gasteiger charge is 2.28. The van der Waals surface area contributed by atoms with Crippen molar-refractivity contribution in [3.8, 4) is 0 Å². The van der Waals surface area contributed by atoms with Crippen LogP contribution in [0, 0.1) is 5.92 Å². The van der Waals surface area contributed by atoms with Gasteiger partial charge in [-0.2, -0.15) is 0 Å². The van der Waals surface area contributed by atoms with Crippen LogP contribution in [0.15, 0.2) is 28.7 Å². The lowest BCUT2D eigenvalue weighted by Gasteiger charge is -2.34. The minimum absolute atomic E-state index is 0.0648. The van der Waals surface area contributed by atoms with E-state index < -0.39 is 0 Å². The molecule has 2 nitrogen and oxygen atoms in total. The topological polar surface area (TPSA) is 20.3 Å². The summed E-state index contributed by atoms with van der Waals surface area (Å²) in [5, 5.41) is 0.0650. The van der Waals surface area contributed by atoms with Crippen molar-refractivity contribution in [1.82, 2.24) is 4.90 Å². The number of likely N-dealkylation sites (tertiary alicyclic amines) is 1. The number of piperidine rings is 1. The molecule has 1 saturated heterocycles. The van der Waals surface area contributed by atoms with Crippen LogP contribution in [0.3, 0.4) is 0 Å². The van der Waals surface area contributed by atoms with Gasteiger partial charge in [0.25, 0.3) is 5.91 Å². The largest absolute Gasteiger partial charge is 0.337 e. The molecule has 0 bridgehead atoms. The van der Waals surface area contributed by atoms with Crippen LogP contribution in [0.2, 0.25) is 0 Å². The smallest absolute Gasteiger partial charge is 0.255 e. The summed E-state index contributed by atoms with van der Waals surface area (Å²) in [4.78, 5) is 14.2. The zero-order valence-electron chi connectivity index (χ0n) is 9.70. The van der Waals surface area contributed by atoms with Gasteiger partial charge in [-0.3, -0.25) is 4.79 Å². The summed E-state index contributed by atoms with van der Waals surface area (Å²) in [6.45, 7) is 3.57. The third-order valence-electron chi connectivity index (χ3n) is 3.26. The molecule has 0 N–H and O–H groups in total. The van der Waals surface area contributed by atoms with Crippen LogP contribution in [0.5, 0.6) is 0 Å². The van der Waals surface area contributed by atoms with Crippen molar-refractivity contribution in [2.75, 3.05) is 13.1 Å². The van der Waals surface area contributed by atoms with Gasteiger partial charge in [0.05, 0.1) is 10.9 Å². The summed E-state index contributed by atoms with van der Waals surface area (Å²) in [6, 6.07) is 7.51. The zero-order valence-corrected chi connectivity index (χ0v) is 12.0. The fourth-order valence-corrected chi connectivity index (χ4v) is 2.76. The molecule has 1 aliphatic rings. The van der Waals surface area contributed by atoms with Crippen LogP contribution < -0.4 is 0 Å². The zero-order chi connectivity index (χ0) is 12.4. The number of hydrogen-bond donors (Lipinski definition) is 0. The second kappa shape index (κ2) is 5.40. The van der Waals surface area contributed by atoms with Crippen molar-refractivity contribution >= 4 is 33.4 Å². The maximum atomic E-state index is 12.3. The van der Waals surface area contributed by atoms with E-state index in [1.165, 1.54) is 0 Å². The molecule has 1 heterocycles. The predicted molar refractivity (Wildman–Crippen MR) is 73.5 cm³/mol. The molecule has 0 radical (unpaired) electrons. The molecule has 0 spiro atoms. The summed E-state index contributed by atoms with van der Waals surface area (Å²) in [7, 11) is 0. The van der Waals surface area contributed by atoms with Crippen molar-refractivity contribution in [3.05, 3.63) is 34.3 Å². The molecule has 0 saturated carbocycles. The number of carbonyl (C=O) groups excluding carboxylic acids is 1.